The Morgan fingerprint density at radius 1 is 1.22 bits per heavy atom. The molecule has 1 heterocycles. The first kappa shape index (κ1) is 17.1. The maximum absolute atomic E-state index is 12.8. The van der Waals surface area contributed by atoms with Crippen LogP contribution in [0.25, 0.3) is 0 Å². The van der Waals surface area contributed by atoms with Crippen LogP contribution in [0, 0.1) is 0 Å². The fourth-order valence-corrected chi connectivity index (χ4v) is 2.66. The summed E-state index contributed by atoms with van der Waals surface area (Å²) in [6.07, 6.45) is 0.657. The summed E-state index contributed by atoms with van der Waals surface area (Å²) in [6.45, 7) is 6.17. The van der Waals surface area contributed by atoms with Crippen LogP contribution in [0.1, 0.15) is 37.6 Å². The van der Waals surface area contributed by atoms with Gasteiger partial charge < -0.3 is 19.7 Å². The van der Waals surface area contributed by atoms with Gasteiger partial charge in [-0.1, -0.05) is 0 Å². The van der Waals surface area contributed by atoms with Crippen LogP contribution < -0.4 is 14.8 Å². The molecular weight excluding hydrogens is 296 g/mol. The van der Waals surface area contributed by atoms with Crippen molar-refractivity contribution in [3.05, 3.63) is 23.8 Å². The van der Waals surface area contributed by atoms with Gasteiger partial charge in [0.1, 0.15) is 5.54 Å². The first-order valence-corrected chi connectivity index (χ1v) is 7.68. The van der Waals surface area contributed by atoms with E-state index < -0.39 is 5.54 Å². The highest BCUT2D eigenvalue weighted by molar-refractivity contribution is 6.00. The van der Waals surface area contributed by atoms with Gasteiger partial charge in [0.2, 0.25) is 5.91 Å². The summed E-state index contributed by atoms with van der Waals surface area (Å²) < 4.78 is 10.4. The monoisotopic (exact) mass is 320 g/mol. The van der Waals surface area contributed by atoms with Gasteiger partial charge in [-0.3, -0.25) is 9.59 Å². The molecule has 1 atom stereocenters. The van der Waals surface area contributed by atoms with Crippen molar-refractivity contribution in [1.82, 2.24) is 10.2 Å². The Hall–Kier alpha value is -2.24. The van der Waals surface area contributed by atoms with E-state index in [1.165, 1.54) is 7.11 Å². The number of carbonyl (C=O) groups excluding carboxylic acids is 2. The lowest BCUT2D eigenvalue weighted by atomic mass is 9.84. The van der Waals surface area contributed by atoms with Crippen molar-refractivity contribution in [3.8, 4) is 11.5 Å². The van der Waals surface area contributed by atoms with Crippen molar-refractivity contribution in [1.29, 1.82) is 0 Å². The van der Waals surface area contributed by atoms with Gasteiger partial charge in [0, 0.05) is 18.2 Å². The molecule has 1 aliphatic heterocycles. The summed E-state index contributed by atoms with van der Waals surface area (Å²) in [4.78, 5) is 26.7. The minimum atomic E-state index is -0.797. The predicted molar refractivity (Wildman–Crippen MR) is 86.9 cm³/mol. The van der Waals surface area contributed by atoms with Gasteiger partial charge in [-0.25, -0.2) is 0 Å². The van der Waals surface area contributed by atoms with Gasteiger partial charge in [0.15, 0.2) is 11.5 Å². The molecule has 0 aromatic heterocycles. The third kappa shape index (κ3) is 3.11. The largest absolute Gasteiger partial charge is 0.493 e. The van der Waals surface area contributed by atoms with Crippen LogP contribution >= 0.6 is 0 Å². The van der Waals surface area contributed by atoms with Crippen molar-refractivity contribution in [2.75, 3.05) is 20.8 Å². The Kier molecular flexibility index (Phi) is 4.82. The Morgan fingerprint density at radius 2 is 1.87 bits per heavy atom. The maximum atomic E-state index is 12.8. The zero-order valence-corrected chi connectivity index (χ0v) is 14.3. The highest BCUT2D eigenvalue weighted by atomic mass is 16.5. The second-order valence-corrected chi connectivity index (χ2v) is 6.18. The standard InChI is InChI=1S/C17H24N2O4/c1-11(2)18-16(21)17(3)8-9-19(17)15(20)12-6-7-13(22-4)14(10-12)23-5/h6-7,10-11H,8-9H2,1-5H3,(H,18,21). The molecule has 0 radical (unpaired) electrons. The number of rotatable bonds is 5. The zero-order valence-electron chi connectivity index (χ0n) is 14.3. The summed E-state index contributed by atoms with van der Waals surface area (Å²) in [7, 11) is 3.07. The normalized spacial score (nSPS) is 20.0. The molecule has 1 unspecified atom stereocenters. The lowest BCUT2D eigenvalue weighted by Crippen LogP contribution is -2.67. The zero-order chi connectivity index (χ0) is 17.2. The van der Waals surface area contributed by atoms with Crippen LogP contribution in [0.5, 0.6) is 11.5 Å². The number of ether oxygens (including phenoxy) is 2. The Bertz CT molecular complexity index is 615. The second-order valence-electron chi connectivity index (χ2n) is 6.18. The molecular formula is C17H24N2O4. The second kappa shape index (κ2) is 6.48. The smallest absolute Gasteiger partial charge is 0.254 e. The molecule has 23 heavy (non-hydrogen) atoms. The highest BCUT2D eigenvalue weighted by Gasteiger charge is 2.49. The number of hydrogen-bond donors (Lipinski definition) is 1. The quantitative estimate of drug-likeness (QED) is 0.899. The number of hydrogen-bond acceptors (Lipinski definition) is 4. The summed E-state index contributed by atoms with van der Waals surface area (Å²) in [5, 5.41) is 2.88. The summed E-state index contributed by atoms with van der Waals surface area (Å²) in [5.41, 5.74) is -0.319. The van der Waals surface area contributed by atoms with Crippen molar-refractivity contribution in [2.24, 2.45) is 0 Å². The van der Waals surface area contributed by atoms with Gasteiger partial charge in [-0.2, -0.15) is 0 Å². The molecule has 2 amide bonds. The molecule has 126 valence electrons. The molecule has 0 spiro atoms. The van der Waals surface area contributed by atoms with Crippen LogP contribution in [-0.2, 0) is 4.79 Å². The SMILES string of the molecule is COc1ccc(C(=O)N2CCC2(C)C(=O)NC(C)C)cc1OC. The summed E-state index contributed by atoms with van der Waals surface area (Å²) >= 11 is 0. The maximum Gasteiger partial charge on any atom is 0.254 e. The average Bonchev–Trinajstić information content (AvgIpc) is 2.51. The Balaban J connectivity index is 2.22. The van der Waals surface area contributed by atoms with Gasteiger partial charge in [-0.15, -0.1) is 0 Å². The molecule has 6 heteroatoms. The molecule has 1 aliphatic rings. The number of nitrogens with one attached hydrogen (secondary N) is 1. The molecule has 6 nitrogen and oxygen atoms in total. The van der Waals surface area contributed by atoms with Gasteiger partial charge in [0.25, 0.3) is 5.91 Å². The average molecular weight is 320 g/mol. The number of nitrogens with zero attached hydrogens (tertiary/aromatic N) is 1. The van der Waals surface area contributed by atoms with E-state index in [0.717, 1.165) is 0 Å². The summed E-state index contributed by atoms with van der Waals surface area (Å²) in [5.74, 6) is 0.756. The van der Waals surface area contributed by atoms with E-state index in [0.29, 0.717) is 30.0 Å². The van der Waals surface area contributed by atoms with E-state index >= 15 is 0 Å². The van der Waals surface area contributed by atoms with E-state index in [2.05, 4.69) is 5.32 Å². The fraction of sp³-hybridized carbons (Fsp3) is 0.529. The van der Waals surface area contributed by atoms with Crippen LogP contribution in [0.3, 0.4) is 0 Å². The number of methoxy groups -OCH3 is 2. The van der Waals surface area contributed by atoms with Crippen LogP contribution in [0.2, 0.25) is 0 Å². The third-order valence-corrected chi connectivity index (χ3v) is 4.20. The molecule has 1 N–H and O–H groups in total. The van der Waals surface area contributed by atoms with E-state index in [9.17, 15) is 9.59 Å². The van der Waals surface area contributed by atoms with Crippen molar-refractivity contribution in [2.45, 2.75) is 38.8 Å². The van der Waals surface area contributed by atoms with Gasteiger partial charge in [0.05, 0.1) is 14.2 Å². The molecule has 1 aromatic rings. The number of likely N-dealkylation sites (tertiary alicyclic amines) is 1. The molecule has 1 aromatic carbocycles. The highest BCUT2D eigenvalue weighted by Crippen LogP contribution is 2.34. The Morgan fingerprint density at radius 3 is 2.35 bits per heavy atom. The lowest BCUT2D eigenvalue weighted by Gasteiger charge is -2.49. The Labute approximate surface area is 136 Å². The number of carbonyl (C=O) groups is 2. The first-order chi connectivity index (χ1) is 10.8. The van der Waals surface area contributed by atoms with Crippen molar-refractivity contribution >= 4 is 11.8 Å². The van der Waals surface area contributed by atoms with Crippen molar-refractivity contribution in [3.63, 3.8) is 0 Å². The van der Waals surface area contributed by atoms with E-state index in [-0.39, 0.29) is 17.9 Å². The van der Waals surface area contributed by atoms with Crippen LogP contribution in [-0.4, -0.2) is 49.1 Å². The molecule has 1 saturated heterocycles. The topological polar surface area (TPSA) is 67.9 Å². The third-order valence-electron chi connectivity index (χ3n) is 4.20. The van der Waals surface area contributed by atoms with Crippen LogP contribution in [0.4, 0.5) is 0 Å². The van der Waals surface area contributed by atoms with Gasteiger partial charge >= 0.3 is 0 Å². The molecule has 0 bridgehead atoms. The molecule has 1 fully saturated rings. The molecule has 2 rings (SSSR count). The fourth-order valence-electron chi connectivity index (χ4n) is 2.66. The van der Waals surface area contributed by atoms with E-state index in [1.807, 2.05) is 13.8 Å². The minimum Gasteiger partial charge on any atom is -0.493 e. The molecule has 0 saturated carbocycles. The number of amides is 2. The van der Waals surface area contributed by atoms with Gasteiger partial charge in [-0.05, 0) is 45.4 Å². The van der Waals surface area contributed by atoms with Crippen molar-refractivity contribution < 1.29 is 19.1 Å². The minimum absolute atomic E-state index is 0.0398. The van der Waals surface area contributed by atoms with Crippen LogP contribution in [0.15, 0.2) is 18.2 Å². The predicted octanol–water partition coefficient (Wildman–Crippen LogP) is 1.83. The lowest BCUT2D eigenvalue weighted by molar-refractivity contribution is -0.138. The first-order valence-electron chi connectivity index (χ1n) is 7.68. The number of benzene rings is 1. The summed E-state index contributed by atoms with van der Waals surface area (Å²) in [6, 6.07) is 5.05. The molecule has 0 aliphatic carbocycles. The van der Waals surface area contributed by atoms with E-state index in [1.54, 1.807) is 37.1 Å². The van der Waals surface area contributed by atoms with E-state index in [4.69, 9.17) is 9.47 Å².